The predicted molar refractivity (Wildman–Crippen MR) is 47.5 cm³/mol. The van der Waals surface area contributed by atoms with E-state index in [1.54, 1.807) is 0 Å². The molecule has 2 atom stereocenters. The molecular formula is C10H20O. The number of aliphatic hydroxyl groups excluding tert-OH is 1. The third-order valence-electron chi connectivity index (χ3n) is 3.15. The van der Waals surface area contributed by atoms with Gasteiger partial charge in [0.05, 0.1) is 6.10 Å². The van der Waals surface area contributed by atoms with Crippen molar-refractivity contribution in [2.24, 2.45) is 5.41 Å². The Balaban J connectivity index is 2.51. The van der Waals surface area contributed by atoms with Gasteiger partial charge in [0.15, 0.2) is 0 Å². The van der Waals surface area contributed by atoms with Crippen LogP contribution in [0.1, 0.15) is 52.4 Å². The summed E-state index contributed by atoms with van der Waals surface area (Å²) in [5, 5.41) is 9.56. The van der Waals surface area contributed by atoms with Gasteiger partial charge in [-0.3, -0.25) is 0 Å². The van der Waals surface area contributed by atoms with E-state index >= 15 is 0 Å². The van der Waals surface area contributed by atoms with Crippen molar-refractivity contribution >= 4 is 0 Å². The van der Waals surface area contributed by atoms with Crippen molar-refractivity contribution in [3.63, 3.8) is 0 Å². The van der Waals surface area contributed by atoms with Crippen LogP contribution in [0.3, 0.4) is 0 Å². The van der Waals surface area contributed by atoms with E-state index in [0.29, 0.717) is 5.41 Å². The fraction of sp³-hybridized carbons (Fsp3) is 1.00. The first-order valence-electron chi connectivity index (χ1n) is 4.84. The van der Waals surface area contributed by atoms with Crippen molar-refractivity contribution in [1.29, 1.82) is 0 Å². The lowest BCUT2D eigenvalue weighted by Crippen LogP contribution is -2.20. The lowest BCUT2D eigenvalue weighted by molar-refractivity contribution is 0.107. The number of aliphatic hydroxyl groups is 1. The molecule has 0 aromatic rings. The molecule has 1 heteroatoms. The molecule has 1 fully saturated rings. The lowest BCUT2D eigenvalue weighted by Gasteiger charge is -2.27. The minimum Gasteiger partial charge on any atom is -0.393 e. The average molecular weight is 156 g/mol. The van der Waals surface area contributed by atoms with E-state index < -0.39 is 0 Å². The van der Waals surface area contributed by atoms with E-state index in [1.165, 1.54) is 25.7 Å². The maximum absolute atomic E-state index is 9.56. The zero-order chi connectivity index (χ0) is 8.32. The summed E-state index contributed by atoms with van der Waals surface area (Å²) in [5.74, 6) is 0. The number of hydrogen-bond donors (Lipinski definition) is 1. The molecule has 66 valence electrons. The summed E-state index contributed by atoms with van der Waals surface area (Å²) >= 11 is 0. The molecule has 0 aromatic carbocycles. The molecule has 0 radical (unpaired) electrons. The van der Waals surface area contributed by atoms with Gasteiger partial charge in [-0.2, -0.15) is 0 Å². The quantitative estimate of drug-likeness (QED) is 0.579. The van der Waals surface area contributed by atoms with E-state index in [9.17, 15) is 5.11 Å². The molecule has 1 rings (SSSR count). The molecule has 0 aromatic heterocycles. The smallest absolute Gasteiger partial charge is 0.0545 e. The molecule has 1 saturated carbocycles. The summed E-state index contributed by atoms with van der Waals surface area (Å²) < 4.78 is 0. The first-order chi connectivity index (χ1) is 5.16. The van der Waals surface area contributed by atoms with Crippen LogP contribution >= 0.6 is 0 Å². The molecule has 0 heterocycles. The largest absolute Gasteiger partial charge is 0.393 e. The highest BCUT2D eigenvalue weighted by molar-refractivity contribution is 4.79. The molecule has 0 spiro atoms. The van der Waals surface area contributed by atoms with Crippen LogP contribution < -0.4 is 0 Å². The van der Waals surface area contributed by atoms with Gasteiger partial charge in [-0.1, -0.05) is 33.1 Å². The summed E-state index contributed by atoms with van der Waals surface area (Å²) in [4.78, 5) is 0. The monoisotopic (exact) mass is 156 g/mol. The molecule has 0 saturated heterocycles. The molecule has 1 nitrogen and oxygen atoms in total. The van der Waals surface area contributed by atoms with E-state index in [1.807, 2.05) is 0 Å². The standard InChI is InChI=1S/C10H20O/c1-3-10(2)7-5-4-6-9(11)8-10/h9,11H,3-8H2,1-2H3. The fourth-order valence-corrected chi connectivity index (χ4v) is 2.03. The van der Waals surface area contributed by atoms with Crippen LogP contribution in [0.15, 0.2) is 0 Å². The van der Waals surface area contributed by atoms with Crippen molar-refractivity contribution < 1.29 is 5.11 Å². The molecule has 2 unspecified atom stereocenters. The first-order valence-corrected chi connectivity index (χ1v) is 4.84. The Labute approximate surface area is 69.8 Å². The molecule has 0 bridgehead atoms. The van der Waals surface area contributed by atoms with E-state index in [2.05, 4.69) is 13.8 Å². The summed E-state index contributed by atoms with van der Waals surface area (Å²) in [6, 6.07) is 0. The SMILES string of the molecule is CCC1(C)CCCCC(O)C1. The van der Waals surface area contributed by atoms with Gasteiger partial charge >= 0.3 is 0 Å². The van der Waals surface area contributed by atoms with Crippen LogP contribution in [0.2, 0.25) is 0 Å². The Morgan fingerprint density at radius 2 is 2.18 bits per heavy atom. The first kappa shape index (κ1) is 9.05. The topological polar surface area (TPSA) is 20.2 Å². The third kappa shape index (κ3) is 2.48. The highest BCUT2D eigenvalue weighted by Gasteiger charge is 2.27. The van der Waals surface area contributed by atoms with Gasteiger partial charge < -0.3 is 5.11 Å². The van der Waals surface area contributed by atoms with E-state index in [4.69, 9.17) is 0 Å². The van der Waals surface area contributed by atoms with E-state index in [0.717, 1.165) is 12.8 Å². The minimum absolute atomic E-state index is 0.0255. The van der Waals surface area contributed by atoms with Gasteiger partial charge in [0.2, 0.25) is 0 Å². The minimum atomic E-state index is -0.0255. The van der Waals surface area contributed by atoms with Gasteiger partial charge in [-0.05, 0) is 24.7 Å². The van der Waals surface area contributed by atoms with Gasteiger partial charge in [0.1, 0.15) is 0 Å². The summed E-state index contributed by atoms with van der Waals surface area (Å²) in [5.41, 5.74) is 0.427. The Kier molecular flexibility index (Phi) is 2.94. The molecule has 0 amide bonds. The van der Waals surface area contributed by atoms with Crippen molar-refractivity contribution in [3.8, 4) is 0 Å². The number of rotatable bonds is 1. The predicted octanol–water partition coefficient (Wildman–Crippen LogP) is 2.73. The molecule has 11 heavy (non-hydrogen) atoms. The summed E-state index contributed by atoms with van der Waals surface area (Å²) in [6.07, 6.45) is 7.06. The van der Waals surface area contributed by atoms with Crippen LogP contribution in [-0.4, -0.2) is 11.2 Å². The van der Waals surface area contributed by atoms with Gasteiger partial charge in [-0.25, -0.2) is 0 Å². The summed E-state index contributed by atoms with van der Waals surface area (Å²) in [6.45, 7) is 4.54. The van der Waals surface area contributed by atoms with Gasteiger partial charge in [0.25, 0.3) is 0 Å². The third-order valence-corrected chi connectivity index (χ3v) is 3.15. The van der Waals surface area contributed by atoms with Gasteiger partial charge in [-0.15, -0.1) is 0 Å². The molecule has 1 N–H and O–H groups in total. The van der Waals surface area contributed by atoms with Crippen molar-refractivity contribution in [2.75, 3.05) is 0 Å². The Morgan fingerprint density at radius 1 is 1.45 bits per heavy atom. The van der Waals surface area contributed by atoms with Crippen molar-refractivity contribution in [3.05, 3.63) is 0 Å². The van der Waals surface area contributed by atoms with Crippen LogP contribution in [0.5, 0.6) is 0 Å². The van der Waals surface area contributed by atoms with E-state index in [-0.39, 0.29) is 6.10 Å². The number of hydrogen-bond acceptors (Lipinski definition) is 1. The Morgan fingerprint density at radius 3 is 2.82 bits per heavy atom. The maximum atomic E-state index is 9.56. The molecular weight excluding hydrogens is 136 g/mol. The van der Waals surface area contributed by atoms with Gasteiger partial charge in [0, 0.05) is 0 Å². The average Bonchev–Trinajstić information content (AvgIpc) is 2.13. The maximum Gasteiger partial charge on any atom is 0.0545 e. The fourth-order valence-electron chi connectivity index (χ4n) is 2.03. The van der Waals surface area contributed by atoms with Crippen LogP contribution in [-0.2, 0) is 0 Å². The molecule has 1 aliphatic carbocycles. The van der Waals surface area contributed by atoms with Crippen LogP contribution in [0, 0.1) is 5.41 Å². The second kappa shape index (κ2) is 3.57. The molecule has 0 aliphatic heterocycles. The lowest BCUT2D eigenvalue weighted by atomic mass is 9.80. The zero-order valence-electron chi connectivity index (χ0n) is 7.77. The summed E-state index contributed by atoms with van der Waals surface area (Å²) in [7, 11) is 0. The van der Waals surface area contributed by atoms with Crippen LogP contribution in [0.25, 0.3) is 0 Å². The Hall–Kier alpha value is -0.0400. The van der Waals surface area contributed by atoms with Crippen LogP contribution in [0.4, 0.5) is 0 Å². The molecule has 1 aliphatic rings. The zero-order valence-corrected chi connectivity index (χ0v) is 7.77. The second-order valence-corrected chi connectivity index (χ2v) is 4.27. The second-order valence-electron chi connectivity index (χ2n) is 4.27. The Bertz CT molecular complexity index is 122. The highest BCUT2D eigenvalue weighted by atomic mass is 16.3. The normalized spacial score (nSPS) is 40.1. The van der Waals surface area contributed by atoms with Crippen molar-refractivity contribution in [2.45, 2.75) is 58.5 Å². The van der Waals surface area contributed by atoms with Crippen molar-refractivity contribution in [1.82, 2.24) is 0 Å². The highest BCUT2D eigenvalue weighted by Crippen LogP contribution is 2.37.